The summed E-state index contributed by atoms with van der Waals surface area (Å²) in [6.07, 6.45) is -113. The van der Waals surface area contributed by atoms with E-state index >= 15 is 0 Å². The molecule has 55 atom stereocenters. The quantitative estimate of drug-likeness (QED) is 0.0280. The van der Waals surface area contributed by atoms with E-state index in [2.05, 4.69) is 21.3 Å². The lowest BCUT2D eigenvalue weighted by atomic mass is 9.93. The van der Waals surface area contributed by atoms with Crippen molar-refractivity contribution >= 4 is 23.6 Å². The summed E-state index contributed by atoms with van der Waals surface area (Å²) in [5.74, 6) is -3.97. The fourth-order valence-electron chi connectivity index (χ4n) is 17.3. The molecule has 11 aliphatic heterocycles. The van der Waals surface area contributed by atoms with E-state index < -0.39 is 434 Å². The van der Waals surface area contributed by atoms with Crippen molar-refractivity contribution in [2.75, 3.05) is 72.7 Å². The number of hydrogen-bond acceptors (Lipinski definition) is 56. The molecule has 0 saturated carbocycles. The first-order chi connectivity index (χ1) is 63.4. The lowest BCUT2D eigenvalue weighted by Crippen LogP contribution is -2.71. The molecule has 11 fully saturated rings. The van der Waals surface area contributed by atoms with Crippen LogP contribution in [0.4, 0.5) is 0 Å². The van der Waals surface area contributed by atoms with Gasteiger partial charge in [0.05, 0.1) is 72.7 Å². The number of carbonyl (C=O) groups excluding carboxylic acids is 4. The summed E-state index contributed by atoms with van der Waals surface area (Å²) in [7, 11) is 0. The maximum absolute atomic E-state index is 13.4. The van der Waals surface area contributed by atoms with E-state index in [1.807, 2.05) is 0 Å². The average Bonchev–Trinajstić information content (AvgIpc) is 0.758. The standard InChI is InChI=1S/C74H124N4O56/c1-16(88)75-31-43(100)56(26(11-85)116-64(31)113)127-66-33(77-18(3)90)44(101)58(27(12-86)123-66)129-73-55(112)62(133-74-63(49(106)39(96)24(9-83)122-74)134-67-34(78-19(4)91)45(102)57(28(13-87)124-67)128-72-54(111)60(40(97)25(10-84)121-72)131-70-51(108)47(104)37(94)22(7-81)119-70)59(130-65-32(76-17(2)89)42(99)35(92)20(5-79)117-65)30(126-73)15-115-69-53(110)61(132-71-52(109)48(105)38(95)23(8-82)120-71)41(98)29(125-69)14-114-68-50(107)46(103)36(93)21(6-80)118-68/h20-74,79-87,92-113H,5-15H2,1-4H3,(H,75,88)(H,76,89)(H,77,90)(H,78,91)/t20-,21-,22-,23-,24-,25-,26-,27-,28-,29-,30-,31-,32-,33-,34-,35-,36-,37+,38-,39-,40+,41-,42-,43-,44-,45-,46+,47+,48+,49+,50+,51-,52+,53+,54-,55+,56-,57-,58-,59-,60+,61+,62-,63+,64?,65+,66+,67+,68+,69+,70-,71-,72+,73+,74-/m1/s1. The first kappa shape index (κ1) is 110. The fourth-order valence-corrected chi connectivity index (χ4v) is 17.3. The Bertz CT molecular complexity index is 3650. The summed E-state index contributed by atoms with van der Waals surface area (Å²) in [6.45, 7) is -9.34. The molecule has 0 aromatic carbocycles. The maximum atomic E-state index is 13.4. The number of amides is 4. The van der Waals surface area contributed by atoms with Crippen molar-refractivity contribution < 1.29 is 277 Å². The molecule has 776 valence electrons. The van der Waals surface area contributed by atoms with Gasteiger partial charge in [-0.1, -0.05) is 0 Å². The van der Waals surface area contributed by atoms with Gasteiger partial charge in [-0.05, 0) is 0 Å². The van der Waals surface area contributed by atoms with Crippen LogP contribution in [0.2, 0.25) is 0 Å². The molecule has 1 unspecified atom stereocenters. The van der Waals surface area contributed by atoms with Crippen LogP contribution < -0.4 is 21.3 Å². The van der Waals surface area contributed by atoms with Gasteiger partial charge in [-0.2, -0.15) is 0 Å². The first-order valence-corrected chi connectivity index (χ1v) is 42.7. The van der Waals surface area contributed by atoms with Crippen LogP contribution in [0.1, 0.15) is 27.7 Å². The van der Waals surface area contributed by atoms with E-state index in [0.29, 0.717) is 0 Å². The number of carbonyl (C=O) groups is 4. The van der Waals surface area contributed by atoms with Crippen LogP contribution in [0.5, 0.6) is 0 Å². The molecule has 11 saturated heterocycles. The Kier molecular flexibility index (Phi) is 39.7. The minimum Gasteiger partial charge on any atom is -0.394 e. The number of hydrogen-bond donors (Lipinski definition) is 35. The molecule has 0 aliphatic carbocycles. The second kappa shape index (κ2) is 48.3. The molecule has 60 heteroatoms. The first-order valence-electron chi connectivity index (χ1n) is 42.7. The molecule has 134 heavy (non-hydrogen) atoms. The summed E-state index contributed by atoms with van der Waals surface area (Å²) in [6, 6.07) is -8.03. The van der Waals surface area contributed by atoms with Gasteiger partial charge in [-0.3, -0.25) is 19.2 Å². The molecule has 0 aromatic rings. The topological polar surface area (TPSA) is 937 Å². The Morgan fingerprint density at radius 2 is 0.433 bits per heavy atom. The Morgan fingerprint density at radius 3 is 0.843 bits per heavy atom. The predicted molar refractivity (Wildman–Crippen MR) is 409 cm³/mol. The van der Waals surface area contributed by atoms with Gasteiger partial charge in [0.1, 0.15) is 268 Å². The largest absolute Gasteiger partial charge is 0.394 e. The van der Waals surface area contributed by atoms with Crippen molar-refractivity contribution in [3.05, 3.63) is 0 Å². The Labute approximate surface area is 757 Å². The Morgan fingerprint density at radius 1 is 0.194 bits per heavy atom. The molecular weight excluding hydrogens is 1840 g/mol. The molecule has 4 amide bonds. The van der Waals surface area contributed by atoms with Gasteiger partial charge in [0.25, 0.3) is 0 Å². The number of aliphatic hydroxyl groups excluding tert-OH is 31. The molecule has 35 N–H and O–H groups in total. The van der Waals surface area contributed by atoms with E-state index in [4.69, 9.17) is 99.5 Å². The third-order valence-corrected chi connectivity index (χ3v) is 24.6. The van der Waals surface area contributed by atoms with Crippen LogP contribution in [0.3, 0.4) is 0 Å². The zero-order valence-electron chi connectivity index (χ0n) is 71.6. The third-order valence-electron chi connectivity index (χ3n) is 24.6. The SMILES string of the molecule is CC(=O)N[C@H]1[C@H](O[C@H]2[C@H](O)[C@@H](NC(C)=O)C(O)O[C@@H]2CO)O[C@H](CO)[C@@H](O[C@@H]2O[C@H](CO[C@H]3O[C@H](CO[C@H]4O[C@H](CO)[C@@H](O)[C@H](O)[C@@H]4O)[C@@H](O)[C@H](O[C@H]4O[C@H](CO)[C@@H](O)[C@H](O)[C@@H]4O)[C@@H]3O)[C@@H](O[C@@H]3O[C@H](CO)[C@@H](O)[C@H](O)[C@H]3NC(C)=O)[C@H](O[C@H]3O[C@H](CO)[C@@H](O)[C@H](O)[C@@H]3O[C@@H]3O[C@H](CO)[C@@H](O[C@@H]4O[C@H](CO)[C@H](O)[C@H](O[C@H]5O[C@H](CO)[C@H](O)[C@H](O)[C@H]5O)[C@H]4O)[C@H](O)[C@H]3NC(C)=O)[C@@H]2O)[C@@H]1O. The summed E-state index contributed by atoms with van der Waals surface area (Å²) < 4.78 is 126. The van der Waals surface area contributed by atoms with E-state index in [1.54, 1.807) is 0 Å². The normalized spacial score (nSPS) is 49.8. The third kappa shape index (κ3) is 24.1. The van der Waals surface area contributed by atoms with Crippen molar-refractivity contribution in [3.8, 4) is 0 Å². The Hall–Kier alpha value is -4.20. The van der Waals surface area contributed by atoms with E-state index in [0.717, 1.165) is 27.7 Å². The highest BCUT2D eigenvalue weighted by Crippen LogP contribution is 2.42. The van der Waals surface area contributed by atoms with Gasteiger partial charge in [0, 0.05) is 27.7 Å². The van der Waals surface area contributed by atoms with Crippen molar-refractivity contribution in [3.63, 3.8) is 0 Å². The molecule has 11 aliphatic rings. The predicted octanol–water partition coefficient (Wildman–Crippen LogP) is -24.4. The molecule has 0 bridgehead atoms. The average molecular weight is 1970 g/mol. The van der Waals surface area contributed by atoms with Crippen LogP contribution in [-0.2, 0) is 119 Å². The lowest BCUT2D eigenvalue weighted by molar-refractivity contribution is -0.409. The molecule has 60 nitrogen and oxygen atoms in total. The number of ether oxygens (including phenoxy) is 21. The molecular formula is C74H124N4O56. The molecule has 11 rings (SSSR count). The molecule has 11 heterocycles. The fraction of sp³-hybridized carbons (Fsp3) is 0.946. The second-order valence-electron chi connectivity index (χ2n) is 33.8. The van der Waals surface area contributed by atoms with E-state index in [-0.39, 0.29) is 0 Å². The van der Waals surface area contributed by atoms with Gasteiger partial charge in [-0.25, -0.2) is 0 Å². The van der Waals surface area contributed by atoms with Crippen LogP contribution in [0.15, 0.2) is 0 Å². The number of aliphatic hydroxyl groups is 31. The maximum Gasteiger partial charge on any atom is 0.217 e. The second-order valence-corrected chi connectivity index (χ2v) is 33.8. The highest BCUT2D eigenvalue weighted by Gasteiger charge is 2.63. The molecule has 0 aromatic heterocycles. The number of nitrogens with one attached hydrogen (secondary N) is 4. The minimum absolute atomic E-state index is 0.838. The van der Waals surface area contributed by atoms with Crippen LogP contribution >= 0.6 is 0 Å². The van der Waals surface area contributed by atoms with Gasteiger partial charge in [0.15, 0.2) is 69.2 Å². The highest BCUT2D eigenvalue weighted by molar-refractivity contribution is 5.74. The van der Waals surface area contributed by atoms with Gasteiger partial charge in [0.2, 0.25) is 23.6 Å². The summed E-state index contributed by atoms with van der Waals surface area (Å²) >= 11 is 0. The van der Waals surface area contributed by atoms with Crippen LogP contribution in [-0.4, -0.2) is 592 Å². The van der Waals surface area contributed by atoms with Crippen molar-refractivity contribution in [2.24, 2.45) is 0 Å². The number of rotatable bonds is 35. The minimum atomic E-state index is -2.82. The van der Waals surface area contributed by atoms with Crippen molar-refractivity contribution in [1.29, 1.82) is 0 Å². The summed E-state index contributed by atoms with van der Waals surface area (Å²) in [5.41, 5.74) is 0. The highest BCUT2D eigenvalue weighted by atomic mass is 16.8. The molecule has 0 spiro atoms. The molecule has 0 radical (unpaired) electrons. The van der Waals surface area contributed by atoms with E-state index in [9.17, 15) is 177 Å². The Balaban J connectivity index is 1.00. The van der Waals surface area contributed by atoms with Gasteiger partial charge >= 0.3 is 0 Å². The van der Waals surface area contributed by atoms with E-state index in [1.165, 1.54) is 0 Å². The van der Waals surface area contributed by atoms with Crippen LogP contribution in [0, 0.1) is 0 Å². The van der Waals surface area contributed by atoms with Crippen molar-refractivity contribution in [1.82, 2.24) is 21.3 Å². The zero-order valence-corrected chi connectivity index (χ0v) is 71.6. The van der Waals surface area contributed by atoms with Crippen LogP contribution in [0.25, 0.3) is 0 Å². The lowest BCUT2D eigenvalue weighted by Gasteiger charge is -2.52. The van der Waals surface area contributed by atoms with Gasteiger partial charge < -0.3 is 279 Å². The van der Waals surface area contributed by atoms with Crippen molar-refractivity contribution in [2.45, 2.75) is 365 Å². The monoisotopic (exact) mass is 1960 g/mol. The zero-order chi connectivity index (χ0) is 98.5. The summed E-state index contributed by atoms with van der Waals surface area (Å²) in [4.78, 5) is 52.2. The summed E-state index contributed by atoms with van der Waals surface area (Å²) in [5, 5.41) is 358. The smallest absolute Gasteiger partial charge is 0.217 e. The van der Waals surface area contributed by atoms with Gasteiger partial charge in [-0.15, -0.1) is 0 Å².